The van der Waals surface area contributed by atoms with Crippen molar-refractivity contribution >= 4 is 5.69 Å². The maximum atomic E-state index is 9.32. The molecule has 144 valence electrons. The number of methoxy groups -OCH3 is 1. The van der Waals surface area contributed by atoms with E-state index >= 15 is 0 Å². The molecule has 0 aromatic carbocycles. The first-order chi connectivity index (χ1) is 13.8. The van der Waals surface area contributed by atoms with Gasteiger partial charge in [0, 0.05) is 30.1 Å². The molecule has 2 N–H and O–H groups in total. The summed E-state index contributed by atoms with van der Waals surface area (Å²) < 4.78 is 11.0. The Kier molecular flexibility index (Phi) is 5.31. The first kappa shape index (κ1) is 18.1. The lowest BCUT2D eigenvalue weighted by molar-refractivity contribution is 0.346. The number of anilines is 1. The number of nitrogens with one attached hydrogen (secondary N) is 2. The first-order valence-electron chi connectivity index (χ1n) is 9.43. The highest BCUT2D eigenvalue weighted by Gasteiger charge is 2.21. The van der Waals surface area contributed by atoms with Crippen molar-refractivity contribution in [3.05, 3.63) is 65.7 Å². The molecule has 7 heteroatoms. The van der Waals surface area contributed by atoms with Gasteiger partial charge in [-0.3, -0.25) is 0 Å². The summed E-state index contributed by atoms with van der Waals surface area (Å²) in [5, 5.41) is 16.4. The van der Waals surface area contributed by atoms with Gasteiger partial charge in [-0.05, 0) is 37.9 Å². The normalized spacial score (nSPS) is 21.2. The van der Waals surface area contributed by atoms with Crippen molar-refractivity contribution in [1.82, 2.24) is 15.6 Å². The molecule has 0 saturated carbocycles. The van der Waals surface area contributed by atoms with Crippen molar-refractivity contribution in [1.29, 1.82) is 5.26 Å². The molecule has 3 heterocycles. The second-order valence-corrected chi connectivity index (χ2v) is 6.83. The van der Waals surface area contributed by atoms with E-state index in [2.05, 4.69) is 33.8 Å². The van der Waals surface area contributed by atoms with Crippen LogP contribution in [0.5, 0.6) is 5.88 Å². The van der Waals surface area contributed by atoms with Gasteiger partial charge in [0.1, 0.15) is 23.7 Å². The summed E-state index contributed by atoms with van der Waals surface area (Å²) in [5.41, 5.74) is 3.44. The van der Waals surface area contributed by atoms with Crippen LogP contribution in [0.1, 0.15) is 24.8 Å². The van der Waals surface area contributed by atoms with E-state index in [-0.39, 0.29) is 0 Å². The third kappa shape index (κ3) is 3.73. The third-order valence-corrected chi connectivity index (χ3v) is 5.01. The first-order valence-corrected chi connectivity index (χ1v) is 9.43. The number of ether oxygens (including phenoxy) is 2. The molecule has 0 bridgehead atoms. The number of hydrogen-bond acceptors (Lipinski definition) is 7. The van der Waals surface area contributed by atoms with Crippen molar-refractivity contribution in [2.24, 2.45) is 0 Å². The molecular formula is C21H23N5O2. The lowest BCUT2D eigenvalue weighted by Crippen LogP contribution is -2.31. The van der Waals surface area contributed by atoms with Crippen LogP contribution >= 0.6 is 0 Å². The number of pyridine rings is 1. The topological polar surface area (TPSA) is 82.4 Å². The second-order valence-electron chi connectivity index (χ2n) is 6.83. The van der Waals surface area contributed by atoms with E-state index in [1.54, 1.807) is 24.7 Å². The molecule has 0 unspecified atom stereocenters. The maximum Gasteiger partial charge on any atom is 0.231 e. The van der Waals surface area contributed by atoms with E-state index in [9.17, 15) is 5.26 Å². The average molecular weight is 377 g/mol. The third-order valence-electron chi connectivity index (χ3n) is 5.01. The van der Waals surface area contributed by atoms with Crippen molar-refractivity contribution in [3.63, 3.8) is 0 Å². The Morgan fingerprint density at radius 3 is 3.18 bits per heavy atom. The number of nitriles is 1. The van der Waals surface area contributed by atoms with E-state index in [1.165, 1.54) is 7.11 Å². The Labute approximate surface area is 164 Å². The van der Waals surface area contributed by atoms with E-state index in [0.29, 0.717) is 17.5 Å². The molecule has 7 nitrogen and oxygen atoms in total. The Hall–Kier alpha value is -3.24. The molecule has 1 saturated heterocycles. The van der Waals surface area contributed by atoms with Gasteiger partial charge in [-0.2, -0.15) is 5.26 Å². The minimum atomic E-state index is 0.324. The van der Waals surface area contributed by atoms with Crippen LogP contribution in [-0.4, -0.2) is 31.2 Å². The van der Waals surface area contributed by atoms with Crippen molar-refractivity contribution in [2.45, 2.75) is 25.3 Å². The van der Waals surface area contributed by atoms with Crippen LogP contribution in [0.3, 0.4) is 0 Å². The smallest absolute Gasteiger partial charge is 0.231 e. The molecule has 4 rings (SSSR count). The summed E-state index contributed by atoms with van der Waals surface area (Å²) in [6.45, 7) is 2.02. The molecule has 1 aromatic heterocycles. The van der Waals surface area contributed by atoms with Gasteiger partial charge in [0.2, 0.25) is 5.88 Å². The molecule has 2 aliphatic heterocycles. The summed E-state index contributed by atoms with van der Waals surface area (Å²) in [7, 11) is 1.51. The van der Waals surface area contributed by atoms with Gasteiger partial charge in [0.05, 0.1) is 25.2 Å². The van der Waals surface area contributed by atoms with Gasteiger partial charge in [-0.25, -0.2) is 4.98 Å². The fraction of sp³-hybridized carbons (Fsp3) is 0.333. The lowest BCUT2D eigenvalue weighted by atomic mass is 9.99. The van der Waals surface area contributed by atoms with Gasteiger partial charge >= 0.3 is 0 Å². The van der Waals surface area contributed by atoms with Gasteiger partial charge in [0.25, 0.3) is 0 Å². The van der Waals surface area contributed by atoms with Gasteiger partial charge in [-0.15, -0.1) is 0 Å². The van der Waals surface area contributed by atoms with Crippen LogP contribution in [0, 0.1) is 11.3 Å². The largest absolute Gasteiger partial charge is 0.480 e. The standard InChI is InChI=1S/C21H23N5O2/c1-27-21-15(11-22)10-17(13-24-21)26-8-9-28-20(14-26)18-4-2-3-5-19(18)25-16-6-7-23-12-16/h3,5,8-10,13-14,16,23,25H,2,4,6-7,12H2,1H3/t16-/m0/s1. The summed E-state index contributed by atoms with van der Waals surface area (Å²) in [5.74, 6) is 1.12. The van der Waals surface area contributed by atoms with Gasteiger partial charge in [0.15, 0.2) is 0 Å². The molecule has 1 atom stereocenters. The fourth-order valence-corrected chi connectivity index (χ4v) is 3.56. The summed E-state index contributed by atoms with van der Waals surface area (Å²) in [6, 6.07) is 4.32. The summed E-state index contributed by atoms with van der Waals surface area (Å²) in [4.78, 5) is 6.14. The van der Waals surface area contributed by atoms with Crippen molar-refractivity contribution in [2.75, 3.05) is 25.1 Å². The number of allylic oxidation sites excluding steroid dienone is 3. The van der Waals surface area contributed by atoms with Crippen LogP contribution in [0.15, 0.2) is 60.1 Å². The molecule has 1 aromatic rings. The minimum Gasteiger partial charge on any atom is -0.480 e. The Morgan fingerprint density at radius 1 is 1.46 bits per heavy atom. The molecule has 3 aliphatic rings. The molecule has 0 amide bonds. The summed E-state index contributed by atoms with van der Waals surface area (Å²) >= 11 is 0. The Balaban J connectivity index is 1.62. The maximum absolute atomic E-state index is 9.32. The molecule has 1 fully saturated rings. The van der Waals surface area contributed by atoms with Crippen LogP contribution in [0.2, 0.25) is 0 Å². The highest BCUT2D eigenvalue weighted by atomic mass is 16.5. The van der Waals surface area contributed by atoms with E-state index in [4.69, 9.17) is 9.47 Å². The number of aromatic nitrogens is 1. The zero-order chi connectivity index (χ0) is 19.3. The number of nitrogens with zero attached hydrogens (tertiary/aromatic N) is 3. The van der Waals surface area contributed by atoms with Crippen LogP contribution in [0.4, 0.5) is 5.69 Å². The van der Waals surface area contributed by atoms with Crippen molar-refractivity contribution in [3.8, 4) is 11.9 Å². The predicted molar refractivity (Wildman–Crippen MR) is 106 cm³/mol. The second kappa shape index (κ2) is 8.19. The zero-order valence-corrected chi connectivity index (χ0v) is 15.8. The molecule has 28 heavy (non-hydrogen) atoms. The van der Waals surface area contributed by atoms with Gasteiger partial charge in [-0.1, -0.05) is 6.08 Å². The monoisotopic (exact) mass is 377 g/mol. The molecular weight excluding hydrogens is 354 g/mol. The minimum absolute atomic E-state index is 0.324. The predicted octanol–water partition coefficient (Wildman–Crippen LogP) is 2.67. The fourth-order valence-electron chi connectivity index (χ4n) is 3.56. The van der Waals surface area contributed by atoms with E-state index < -0.39 is 0 Å². The summed E-state index contributed by atoms with van der Waals surface area (Å²) in [6.07, 6.45) is 14.4. The van der Waals surface area contributed by atoms with Crippen LogP contribution in [0.25, 0.3) is 0 Å². The van der Waals surface area contributed by atoms with Crippen molar-refractivity contribution < 1.29 is 9.47 Å². The molecule has 0 radical (unpaired) electrons. The highest BCUT2D eigenvalue weighted by Crippen LogP contribution is 2.30. The average Bonchev–Trinajstić information content (AvgIpc) is 3.27. The number of hydrogen-bond donors (Lipinski definition) is 2. The SMILES string of the molecule is COc1ncc(N2C=COC(C3=C(N[C@H]4CCNC4)C=CCC3)=C2)cc1C#N. The zero-order valence-electron chi connectivity index (χ0n) is 15.8. The molecule has 1 aliphatic carbocycles. The van der Waals surface area contributed by atoms with Gasteiger partial charge < -0.3 is 25.0 Å². The van der Waals surface area contributed by atoms with E-state index in [1.807, 2.05) is 11.1 Å². The quantitative estimate of drug-likeness (QED) is 0.816. The molecule has 0 spiro atoms. The lowest BCUT2D eigenvalue weighted by Gasteiger charge is -2.26. The number of rotatable bonds is 5. The Morgan fingerprint density at radius 2 is 2.39 bits per heavy atom. The Bertz CT molecular complexity index is 904. The van der Waals surface area contributed by atoms with Crippen LogP contribution in [-0.2, 0) is 4.74 Å². The van der Waals surface area contributed by atoms with Crippen LogP contribution < -0.4 is 20.3 Å². The van der Waals surface area contributed by atoms with E-state index in [0.717, 1.165) is 55.1 Å². The highest BCUT2D eigenvalue weighted by molar-refractivity contribution is 5.58.